The minimum atomic E-state index is -2.88. The molecule has 18 heavy (non-hydrogen) atoms. The second-order valence-corrected chi connectivity index (χ2v) is 6.14. The second kappa shape index (κ2) is 9.02. The predicted octanol–water partition coefficient (Wildman–Crippen LogP) is 1.48. The number of ether oxygens (including phenoxy) is 2. The van der Waals surface area contributed by atoms with Crippen LogP contribution in [-0.2, 0) is 18.6 Å². The minimum Gasteiger partial charge on any atom is -0.380 e. The van der Waals surface area contributed by atoms with Crippen LogP contribution in [0, 0.1) is 0 Å². The van der Waals surface area contributed by atoms with Crippen molar-refractivity contribution in [3.05, 3.63) is 0 Å². The van der Waals surface area contributed by atoms with Gasteiger partial charge in [0.15, 0.2) is 0 Å². The van der Waals surface area contributed by atoms with Gasteiger partial charge in [-0.1, -0.05) is 0 Å². The summed E-state index contributed by atoms with van der Waals surface area (Å²) in [6.07, 6.45) is 0.898. The van der Waals surface area contributed by atoms with Gasteiger partial charge in [-0.3, -0.25) is 4.57 Å². The topological polar surface area (TPSA) is 60.0 Å². The monoisotopic (exact) mass is 280 g/mol. The maximum absolute atomic E-state index is 12.6. The minimum absolute atomic E-state index is 0.546. The maximum atomic E-state index is 12.6. The third-order valence-corrected chi connectivity index (χ3v) is 4.97. The van der Waals surface area contributed by atoms with Crippen LogP contribution in [0.1, 0.15) is 20.3 Å². The molecule has 0 spiro atoms. The highest BCUT2D eigenvalue weighted by Crippen LogP contribution is 2.47. The van der Waals surface area contributed by atoms with Crippen molar-refractivity contribution in [2.24, 2.45) is 0 Å². The number of nitrogens with one attached hydrogen (secondary N) is 1. The van der Waals surface area contributed by atoms with E-state index in [0.29, 0.717) is 46.1 Å². The lowest BCUT2D eigenvalue weighted by Crippen LogP contribution is -2.37. The highest BCUT2D eigenvalue weighted by molar-refractivity contribution is 7.54. The Bertz CT molecular complexity index is 245. The van der Waals surface area contributed by atoms with Crippen LogP contribution in [0.2, 0.25) is 0 Å². The van der Waals surface area contributed by atoms with E-state index in [9.17, 15) is 4.57 Å². The van der Waals surface area contributed by atoms with Crippen molar-refractivity contribution in [1.82, 2.24) is 9.76 Å². The second-order valence-electron chi connectivity index (χ2n) is 3.96. The van der Waals surface area contributed by atoms with Crippen molar-refractivity contribution in [3.8, 4) is 0 Å². The molecule has 0 aliphatic carbocycles. The first-order chi connectivity index (χ1) is 8.73. The molecule has 6 nitrogen and oxygen atoms in total. The molecule has 1 rings (SSSR count). The van der Waals surface area contributed by atoms with Crippen LogP contribution in [0.15, 0.2) is 0 Å². The van der Waals surface area contributed by atoms with E-state index in [1.165, 1.54) is 0 Å². The van der Waals surface area contributed by atoms with Gasteiger partial charge in [0, 0.05) is 32.8 Å². The van der Waals surface area contributed by atoms with E-state index < -0.39 is 7.67 Å². The molecule has 1 saturated heterocycles. The molecule has 0 aromatic carbocycles. The summed E-state index contributed by atoms with van der Waals surface area (Å²) < 4.78 is 30.5. The van der Waals surface area contributed by atoms with Gasteiger partial charge in [0.05, 0.1) is 19.8 Å². The molecule has 0 aromatic rings. The van der Waals surface area contributed by atoms with Gasteiger partial charge in [-0.05, 0) is 20.3 Å². The van der Waals surface area contributed by atoms with Crippen molar-refractivity contribution < 1.29 is 18.6 Å². The Morgan fingerprint density at radius 1 is 1.22 bits per heavy atom. The Morgan fingerprint density at radius 3 is 2.28 bits per heavy atom. The zero-order chi connectivity index (χ0) is 13.3. The Kier molecular flexibility index (Phi) is 8.06. The molecule has 0 radical (unpaired) electrons. The predicted molar refractivity (Wildman–Crippen MR) is 70.7 cm³/mol. The lowest BCUT2D eigenvalue weighted by atomic mass is 10.5. The molecule has 1 aliphatic rings. The van der Waals surface area contributed by atoms with Crippen molar-refractivity contribution in [2.45, 2.75) is 20.3 Å². The van der Waals surface area contributed by atoms with Crippen LogP contribution in [0.5, 0.6) is 0 Å². The quantitative estimate of drug-likeness (QED) is 0.510. The molecule has 1 N–H and O–H groups in total. The summed E-state index contributed by atoms with van der Waals surface area (Å²) >= 11 is 0. The van der Waals surface area contributed by atoms with Crippen molar-refractivity contribution >= 4 is 7.67 Å². The highest BCUT2D eigenvalue weighted by atomic mass is 31.2. The summed E-state index contributed by atoms with van der Waals surface area (Å²) in [6, 6.07) is 0. The van der Waals surface area contributed by atoms with Gasteiger partial charge in [0.25, 0.3) is 0 Å². The van der Waals surface area contributed by atoms with Crippen LogP contribution in [-0.4, -0.2) is 57.3 Å². The first-order valence-electron chi connectivity index (χ1n) is 6.63. The Balaban J connectivity index is 2.48. The van der Waals surface area contributed by atoms with Crippen LogP contribution < -0.4 is 5.09 Å². The summed E-state index contributed by atoms with van der Waals surface area (Å²) in [5, 5.41) is 3.00. The Morgan fingerprint density at radius 2 is 1.83 bits per heavy atom. The van der Waals surface area contributed by atoms with Crippen molar-refractivity contribution in [2.75, 3.05) is 52.7 Å². The van der Waals surface area contributed by atoms with Gasteiger partial charge in [-0.2, -0.15) is 0 Å². The van der Waals surface area contributed by atoms with Gasteiger partial charge < -0.3 is 14.0 Å². The zero-order valence-electron chi connectivity index (χ0n) is 11.4. The van der Waals surface area contributed by atoms with Crippen LogP contribution in [0.4, 0.5) is 0 Å². The summed E-state index contributed by atoms with van der Waals surface area (Å²) in [7, 11) is -2.88. The third-order valence-electron chi connectivity index (χ3n) is 2.67. The fraction of sp³-hybridized carbons (Fsp3) is 1.00. The molecular formula is C11H25N2O4P. The third kappa shape index (κ3) is 5.34. The number of rotatable bonds is 9. The van der Waals surface area contributed by atoms with Gasteiger partial charge in [0.1, 0.15) is 0 Å². The van der Waals surface area contributed by atoms with Gasteiger partial charge in [0.2, 0.25) is 0 Å². The molecule has 108 valence electrons. The summed E-state index contributed by atoms with van der Waals surface area (Å²) in [6.45, 7) is 8.78. The first-order valence-corrected chi connectivity index (χ1v) is 8.21. The van der Waals surface area contributed by atoms with E-state index >= 15 is 0 Å². The lowest BCUT2D eigenvalue weighted by Gasteiger charge is -2.33. The average molecular weight is 280 g/mol. The van der Waals surface area contributed by atoms with Gasteiger partial charge >= 0.3 is 7.67 Å². The van der Waals surface area contributed by atoms with Crippen molar-refractivity contribution in [3.63, 3.8) is 0 Å². The smallest absolute Gasteiger partial charge is 0.343 e. The SMILES string of the molecule is CCOCCN(CCOCC)[P@@]1(=O)NCCCO1. The maximum Gasteiger partial charge on any atom is 0.343 e. The van der Waals surface area contributed by atoms with Crippen LogP contribution in [0.3, 0.4) is 0 Å². The first kappa shape index (κ1) is 16.1. The van der Waals surface area contributed by atoms with E-state index in [-0.39, 0.29) is 0 Å². The molecule has 0 unspecified atom stereocenters. The number of nitrogens with zero attached hydrogens (tertiary/aromatic N) is 1. The normalized spacial score (nSPS) is 24.6. The molecule has 0 amide bonds. The van der Waals surface area contributed by atoms with Crippen molar-refractivity contribution in [1.29, 1.82) is 0 Å². The standard InChI is InChI=1S/C11H25N2O4P/c1-3-15-10-7-13(8-11-16-4-2)18(14)12-6-5-9-17-18/h3-11H2,1-2H3,(H,12,14)/t18-/m1/s1. The highest BCUT2D eigenvalue weighted by Gasteiger charge is 2.33. The number of hydrogen-bond donors (Lipinski definition) is 1. The fourth-order valence-corrected chi connectivity index (χ4v) is 3.67. The largest absolute Gasteiger partial charge is 0.380 e. The van der Waals surface area contributed by atoms with Crippen LogP contribution >= 0.6 is 7.67 Å². The summed E-state index contributed by atoms with van der Waals surface area (Å²) in [4.78, 5) is 0. The molecule has 0 aromatic heterocycles. The molecule has 7 heteroatoms. The van der Waals surface area contributed by atoms with Crippen LogP contribution in [0.25, 0.3) is 0 Å². The van der Waals surface area contributed by atoms with E-state index in [2.05, 4.69) is 5.09 Å². The lowest BCUT2D eigenvalue weighted by molar-refractivity contribution is 0.1000. The van der Waals surface area contributed by atoms with E-state index in [4.69, 9.17) is 14.0 Å². The molecule has 1 heterocycles. The molecule has 1 aliphatic heterocycles. The van der Waals surface area contributed by atoms with E-state index in [1.54, 1.807) is 0 Å². The van der Waals surface area contributed by atoms with Gasteiger partial charge in [-0.15, -0.1) is 0 Å². The molecule has 1 fully saturated rings. The van der Waals surface area contributed by atoms with Gasteiger partial charge in [-0.25, -0.2) is 9.76 Å². The Hall–Kier alpha value is 0.0300. The van der Waals surface area contributed by atoms with E-state index in [0.717, 1.165) is 13.0 Å². The van der Waals surface area contributed by atoms with E-state index in [1.807, 2.05) is 18.5 Å². The zero-order valence-corrected chi connectivity index (χ0v) is 12.3. The molecule has 0 bridgehead atoms. The average Bonchev–Trinajstić information content (AvgIpc) is 2.38. The molecule has 1 atom stereocenters. The fourth-order valence-electron chi connectivity index (χ4n) is 1.71. The molecular weight excluding hydrogens is 255 g/mol. The number of hydrogen-bond acceptors (Lipinski definition) is 4. The molecule has 0 saturated carbocycles. The summed E-state index contributed by atoms with van der Waals surface area (Å²) in [5.74, 6) is 0. The summed E-state index contributed by atoms with van der Waals surface area (Å²) in [5.41, 5.74) is 0. The Labute approximate surface area is 110 Å².